The lowest BCUT2D eigenvalue weighted by atomic mass is 10.0. The normalized spacial score (nSPS) is 12.6. The molecule has 0 spiro atoms. The minimum Gasteiger partial charge on any atom is -0.395 e. The number of carbonyl (C=O) groups is 1. The fourth-order valence-corrected chi connectivity index (χ4v) is 3.32. The zero-order valence-corrected chi connectivity index (χ0v) is 17.1. The molecule has 0 aliphatic carbocycles. The molecule has 3 N–H and O–H groups in total. The first kappa shape index (κ1) is 22.3. The molecule has 2 rings (SSSR count). The Bertz CT molecular complexity index is 711. The smallest absolute Gasteiger partial charge is 0.149 e. The number of nitrogens with two attached hydrogens (primary N) is 1. The molecule has 0 fully saturated rings. The predicted octanol–water partition coefficient (Wildman–Crippen LogP) is 1.57. The minimum atomic E-state index is -0.346. The fraction of sp³-hybridized carbons (Fsp3) is 0.650. The van der Waals surface area contributed by atoms with Gasteiger partial charge in [-0.15, -0.1) is 0 Å². The molecule has 8 heteroatoms. The van der Waals surface area contributed by atoms with Crippen LogP contribution in [-0.4, -0.2) is 54.1 Å². The average molecular weight is 391 g/mol. The van der Waals surface area contributed by atoms with E-state index in [1.165, 1.54) is 0 Å². The average Bonchev–Trinajstić information content (AvgIpc) is 3.33. The van der Waals surface area contributed by atoms with Crippen LogP contribution in [0.1, 0.15) is 51.2 Å². The number of rotatable bonds is 14. The van der Waals surface area contributed by atoms with Crippen molar-refractivity contribution in [2.75, 3.05) is 13.2 Å². The van der Waals surface area contributed by atoms with Crippen molar-refractivity contribution in [3.05, 3.63) is 36.4 Å². The molecule has 0 bridgehead atoms. The quantitative estimate of drug-likeness (QED) is 0.475. The van der Waals surface area contributed by atoms with Crippen molar-refractivity contribution in [3.8, 4) is 0 Å². The molecule has 0 saturated carbocycles. The van der Waals surface area contributed by atoms with E-state index in [0.29, 0.717) is 19.5 Å². The van der Waals surface area contributed by atoms with Crippen LogP contribution in [-0.2, 0) is 31.0 Å². The van der Waals surface area contributed by atoms with Gasteiger partial charge in [0.1, 0.15) is 17.4 Å². The summed E-state index contributed by atoms with van der Waals surface area (Å²) in [6, 6.07) is -0.346. The highest BCUT2D eigenvalue weighted by atomic mass is 16.3. The number of carbonyl (C=O) groups excluding carboxylic acids is 1. The van der Waals surface area contributed by atoms with Gasteiger partial charge < -0.3 is 20.0 Å². The van der Waals surface area contributed by atoms with Crippen LogP contribution >= 0.6 is 0 Å². The molecule has 0 radical (unpaired) electrons. The van der Waals surface area contributed by atoms with E-state index in [9.17, 15) is 9.90 Å². The van der Waals surface area contributed by atoms with E-state index >= 15 is 0 Å². The van der Waals surface area contributed by atoms with Gasteiger partial charge in [-0.3, -0.25) is 9.69 Å². The maximum absolute atomic E-state index is 11.7. The van der Waals surface area contributed by atoms with Gasteiger partial charge in [-0.05, 0) is 26.3 Å². The molecule has 0 amide bonds. The second-order valence-electron chi connectivity index (χ2n) is 7.02. The van der Waals surface area contributed by atoms with E-state index in [2.05, 4.69) is 26.4 Å². The van der Waals surface area contributed by atoms with Crippen LogP contribution in [0, 0.1) is 0 Å². The molecule has 0 aliphatic rings. The maximum Gasteiger partial charge on any atom is 0.149 e. The molecule has 8 nitrogen and oxygen atoms in total. The number of unbranched alkanes of at least 4 members (excludes halogenated alkanes) is 1. The van der Waals surface area contributed by atoms with Crippen LogP contribution < -0.4 is 5.73 Å². The Morgan fingerprint density at radius 2 is 1.79 bits per heavy atom. The molecule has 2 aromatic rings. The van der Waals surface area contributed by atoms with Gasteiger partial charge in [0.25, 0.3) is 0 Å². The lowest BCUT2D eigenvalue weighted by molar-refractivity contribution is -0.120. The summed E-state index contributed by atoms with van der Waals surface area (Å²) in [7, 11) is 0. The van der Waals surface area contributed by atoms with Crippen molar-refractivity contribution < 1.29 is 9.90 Å². The van der Waals surface area contributed by atoms with E-state index in [1.807, 2.05) is 30.1 Å². The maximum atomic E-state index is 11.7. The van der Waals surface area contributed by atoms with Crippen LogP contribution in [0.5, 0.6) is 0 Å². The molecular weight excluding hydrogens is 356 g/mol. The third-order valence-electron chi connectivity index (χ3n) is 5.02. The first-order chi connectivity index (χ1) is 13.6. The topological polar surface area (TPSA) is 102 Å². The van der Waals surface area contributed by atoms with E-state index in [0.717, 1.165) is 50.5 Å². The summed E-state index contributed by atoms with van der Waals surface area (Å²) in [6.45, 7) is 7.76. The number of aliphatic hydroxyl groups excluding tert-OH is 1. The number of aliphatic hydroxyl groups is 1. The van der Waals surface area contributed by atoms with Gasteiger partial charge in [0, 0.05) is 44.3 Å². The molecule has 1 atom stereocenters. The molecule has 28 heavy (non-hydrogen) atoms. The van der Waals surface area contributed by atoms with Crippen molar-refractivity contribution in [2.45, 2.75) is 71.8 Å². The first-order valence-electron chi connectivity index (χ1n) is 10.2. The summed E-state index contributed by atoms with van der Waals surface area (Å²) in [5.41, 5.74) is 5.94. The van der Waals surface area contributed by atoms with Crippen molar-refractivity contribution >= 4 is 5.78 Å². The summed E-state index contributed by atoms with van der Waals surface area (Å²) >= 11 is 0. The number of aromatic nitrogens is 4. The van der Waals surface area contributed by atoms with Crippen LogP contribution in [0.3, 0.4) is 0 Å². The zero-order valence-electron chi connectivity index (χ0n) is 17.1. The Balaban J connectivity index is 1.97. The van der Waals surface area contributed by atoms with Crippen LogP contribution in [0.15, 0.2) is 24.8 Å². The standard InChI is InChI=1S/C20H34N6O2/c1-3-18(28)17(21)7-5-6-10-24(15-19-22-8-11-25(19)4-2)16-20-23-9-12-26(20)13-14-27/h8-9,11-12,17,27H,3-7,10,13-16,21H2,1-2H3. The van der Waals surface area contributed by atoms with Crippen molar-refractivity contribution in [1.82, 2.24) is 24.0 Å². The minimum absolute atomic E-state index is 0.0902. The number of nitrogens with zero attached hydrogens (tertiary/aromatic N) is 5. The second kappa shape index (κ2) is 11.7. The number of hydrogen-bond donors (Lipinski definition) is 2. The highest BCUT2D eigenvalue weighted by Gasteiger charge is 2.15. The Labute approximate surface area is 167 Å². The number of imidazole rings is 2. The number of aryl methyl sites for hydroxylation is 1. The Kier molecular flexibility index (Phi) is 9.33. The number of ketones is 1. The molecule has 2 heterocycles. The van der Waals surface area contributed by atoms with Gasteiger partial charge in [-0.2, -0.15) is 0 Å². The van der Waals surface area contributed by atoms with Crippen LogP contribution in [0.2, 0.25) is 0 Å². The Morgan fingerprint density at radius 1 is 1.14 bits per heavy atom. The SMILES string of the molecule is CCC(=O)C(N)CCCCN(Cc1nccn1CC)Cc1nccn1CCO. The molecular formula is C20H34N6O2. The summed E-state index contributed by atoms with van der Waals surface area (Å²) in [5, 5.41) is 9.25. The summed E-state index contributed by atoms with van der Waals surface area (Å²) < 4.78 is 4.12. The monoisotopic (exact) mass is 390 g/mol. The lowest BCUT2D eigenvalue weighted by Gasteiger charge is -2.23. The number of hydrogen-bond acceptors (Lipinski definition) is 6. The van der Waals surface area contributed by atoms with Crippen LogP contribution in [0.25, 0.3) is 0 Å². The summed E-state index contributed by atoms with van der Waals surface area (Å²) in [6.07, 6.45) is 10.6. The van der Waals surface area contributed by atoms with Gasteiger partial charge in [0.05, 0.1) is 25.7 Å². The molecule has 0 aliphatic heterocycles. The molecule has 0 saturated heterocycles. The fourth-order valence-electron chi connectivity index (χ4n) is 3.32. The van der Waals surface area contributed by atoms with E-state index in [-0.39, 0.29) is 18.4 Å². The molecule has 1 unspecified atom stereocenters. The van der Waals surface area contributed by atoms with Gasteiger partial charge in [0.2, 0.25) is 0 Å². The van der Waals surface area contributed by atoms with Crippen LogP contribution in [0.4, 0.5) is 0 Å². The van der Waals surface area contributed by atoms with E-state index < -0.39 is 0 Å². The highest BCUT2D eigenvalue weighted by molar-refractivity contribution is 5.83. The van der Waals surface area contributed by atoms with E-state index in [4.69, 9.17) is 5.73 Å². The zero-order chi connectivity index (χ0) is 20.4. The number of Topliss-reactive ketones (excluding diaryl/α,β-unsaturated/α-hetero) is 1. The van der Waals surface area contributed by atoms with Crippen molar-refractivity contribution in [2.24, 2.45) is 5.73 Å². The third kappa shape index (κ3) is 6.54. The highest BCUT2D eigenvalue weighted by Crippen LogP contribution is 2.11. The molecule has 0 aromatic carbocycles. The van der Waals surface area contributed by atoms with Crippen molar-refractivity contribution in [1.29, 1.82) is 0 Å². The van der Waals surface area contributed by atoms with Gasteiger partial charge in [-0.25, -0.2) is 9.97 Å². The van der Waals surface area contributed by atoms with E-state index in [1.54, 1.807) is 6.20 Å². The van der Waals surface area contributed by atoms with Gasteiger partial charge in [-0.1, -0.05) is 13.3 Å². The molecule has 2 aromatic heterocycles. The van der Waals surface area contributed by atoms with Gasteiger partial charge >= 0.3 is 0 Å². The van der Waals surface area contributed by atoms with Crippen molar-refractivity contribution in [3.63, 3.8) is 0 Å². The summed E-state index contributed by atoms with van der Waals surface area (Å²) in [4.78, 5) is 22.9. The third-order valence-corrected chi connectivity index (χ3v) is 5.02. The predicted molar refractivity (Wildman–Crippen MR) is 108 cm³/mol. The Morgan fingerprint density at radius 3 is 2.39 bits per heavy atom. The second-order valence-corrected chi connectivity index (χ2v) is 7.02. The Hall–Kier alpha value is -2.03. The molecule has 156 valence electrons. The first-order valence-corrected chi connectivity index (χ1v) is 10.2. The largest absolute Gasteiger partial charge is 0.395 e. The van der Waals surface area contributed by atoms with Gasteiger partial charge in [0.15, 0.2) is 0 Å². The summed E-state index contributed by atoms with van der Waals surface area (Å²) in [5.74, 6) is 2.09. The lowest BCUT2D eigenvalue weighted by Crippen LogP contribution is -2.30.